The van der Waals surface area contributed by atoms with Crippen LogP contribution in [0.15, 0.2) is 18.2 Å². The fraction of sp³-hybridized carbons (Fsp3) is 0.588. The van der Waals surface area contributed by atoms with E-state index in [2.05, 4.69) is 0 Å². The maximum Gasteiger partial charge on any atom is 0.389 e. The minimum Gasteiger partial charge on any atom is -0.342 e. The van der Waals surface area contributed by atoms with E-state index in [-0.39, 0.29) is 17.9 Å². The number of alkyl halides is 3. The molecule has 134 valence electrons. The second-order valence-electron chi connectivity index (χ2n) is 6.20. The van der Waals surface area contributed by atoms with E-state index in [0.717, 1.165) is 6.42 Å². The van der Waals surface area contributed by atoms with Gasteiger partial charge in [0.05, 0.1) is 6.42 Å². The van der Waals surface area contributed by atoms with Crippen LogP contribution < -0.4 is 0 Å². The van der Waals surface area contributed by atoms with Crippen LogP contribution in [0.1, 0.15) is 37.7 Å². The predicted molar refractivity (Wildman–Crippen MR) is 79.3 cm³/mol. The third-order valence-corrected chi connectivity index (χ3v) is 4.36. The number of carbonyl (C=O) groups excluding carboxylic acids is 1. The molecule has 1 fully saturated rings. The molecule has 1 amide bonds. The number of hydrogen-bond donors (Lipinski definition) is 0. The largest absolute Gasteiger partial charge is 0.389 e. The Balaban J connectivity index is 1.86. The fourth-order valence-corrected chi connectivity index (χ4v) is 3.05. The van der Waals surface area contributed by atoms with Gasteiger partial charge in [-0.05, 0) is 43.7 Å². The first-order valence-electron chi connectivity index (χ1n) is 8.03. The zero-order valence-corrected chi connectivity index (χ0v) is 13.2. The molecule has 0 bridgehead atoms. The van der Waals surface area contributed by atoms with Gasteiger partial charge >= 0.3 is 6.18 Å². The summed E-state index contributed by atoms with van der Waals surface area (Å²) in [5.41, 5.74) is 0.0259. The van der Waals surface area contributed by atoms with Gasteiger partial charge in [0.1, 0.15) is 11.6 Å². The van der Waals surface area contributed by atoms with E-state index in [1.807, 2.05) is 0 Å². The van der Waals surface area contributed by atoms with Gasteiger partial charge in [0.25, 0.3) is 0 Å². The number of rotatable bonds is 5. The molecule has 7 heteroatoms. The molecule has 1 aliphatic heterocycles. The zero-order valence-electron chi connectivity index (χ0n) is 13.2. The molecule has 2 nitrogen and oxygen atoms in total. The highest BCUT2D eigenvalue weighted by atomic mass is 19.4. The number of hydrogen-bond acceptors (Lipinski definition) is 1. The van der Waals surface area contributed by atoms with E-state index >= 15 is 0 Å². The maximum absolute atomic E-state index is 13.6. The van der Waals surface area contributed by atoms with Crippen LogP contribution in [0.4, 0.5) is 22.0 Å². The van der Waals surface area contributed by atoms with Crippen LogP contribution >= 0.6 is 0 Å². The Morgan fingerprint density at radius 3 is 2.50 bits per heavy atom. The molecule has 0 unspecified atom stereocenters. The molecule has 1 atom stereocenters. The highest BCUT2D eigenvalue weighted by Crippen LogP contribution is 2.26. The Hall–Kier alpha value is -1.66. The van der Waals surface area contributed by atoms with Crippen LogP contribution in [-0.2, 0) is 11.2 Å². The van der Waals surface area contributed by atoms with Crippen LogP contribution in [0.25, 0.3) is 0 Å². The molecule has 1 heterocycles. The number of benzene rings is 1. The van der Waals surface area contributed by atoms with E-state index in [1.54, 1.807) is 0 Å². The summed E-state index contributed by atoms with van der Waals surface area (Å²) in [6, 6.07) is 3.70. The fourth-order valence-electron chi connectivity index (χ4n) is 3.05. The molecule has 0 N–H and O–H groups in total. The van der Waals surface area contributed by atoms with Crippen LogP contribution in [0.3, 0.4) is 0 Å². The van der Waals surface area contributed by atoms with Gasteiger partial charge in [-0.25, -0.2) is 8.78 Å². The van der Waals surface area contributed by atoms with Gasteiger partial charge in [-0.2, -0.15) is 13.2 Å². The van der Waals surface area contributed by atoms with Gasteiger partial charge in [0.15, 0.2) is 0 Å². The highest BCUT2D eigenvalue weighted by molar-refractivity contribution is 5.76. The Kier molecular flexibility index (Phi) is 6.18. The normalized spacial score (nSPS) is 18.7. The predicted octanol–water partition coefficient (Wildman–Crippen LogP) is 4.48. The van der Waals surface area contributed by atoms with Gasteiger partial charge in [0, 0.05) is 25.1 Å². The average molecular weight is 349 g/mol. The van der Waals surface area contributed by atoms with Crippen LogP contribution in [0, 0.1) is 17.6 Å². The number of likely N-dealkylation sites (tertiary alicyclic amines) is 1. The molecular formula is C17H20F5NO. The molecular weight excluding hydrogens is 329 g/mol. The molecule has 2 rings (SSSR count). The molecule has 1 aliphatic rings. The van der Waals surface area contributed by atoms with Gasteiger partial charge in [0.2, 0.25) is 5.91 Å². The van der Waals surface area contributed by atoms with Crippen molar-refractivity contribution >= 4 is 5.91 Å². The number of carbonyl (C=O) groups is 1. The standard InChI is InChI=1S/C17H20F5NO/c18-14-4-1-5-15(19)13(14)7-6-12-3-2-10-23(11-12)16(24)8-9-17(20,21)22/h1,4-5,12H,2-3,6-11H2/t12-/m1/s1. The summed E-state index contributed by atoms with van der Waals surface area (Å²) in [4.78, 5) is 13.3. The van der Waals surface area contributed by atoms with Crippen molar-refractivity contribution in [3.8, 4) is 0 Å². The lowest BCUT2D eigenvalue weighted by Crippen LogP contribution is -2.40. The molecule has 1 saturated heterocycles. The van der Waals surface area contributed by atoms with Crippen molar-refractivity contribution in [1.82, 2.24) is 4.90 Å². The first-order valence-corrected chi connectivity index (χ1v) is 8.03. The van der Waals surface area contributed by atoms with Crippen molar-refractivity contribution in [2.24, 2.45) is 5.92 Å². The average Bonchev–Trinajstić information content (AvgIpc) is 2.52. The summed E-state index contributed by atoms with van der Waals surface area (Å²) in [6.45, 7) is 0.800. The lowest BCUT2D eigenvalue weighted by Gasteiger charge is -2.33. The summed E-state index contributed by atoms with van der Waals surface area (Å²) in [5.74, 6) is -1.64. The quantitative estimate of drug-likeness (QED) is 0.718. The Bertz CT molecular complexity index is 552. The molecule has 24 heavy (non-hydrogen) atoms. The van der Waals surface area contributed by atoms with E-state index in [9.17, 15) is 26.7 Å². The Labute approximate surface area is 137 Å². The summed E-state index contributed by atoms with van der Waals surface area (Å²) in [6.07, 6.45) is -3.78. The number of piperidine rings is 1. The molecule has 0 saturated carbocycles. The molecule has 1 aromatic carbocycles. The summed E-state index contributed by atoms with van der Waals surface area (Å²) in [7, 11) is 0. The molecule has 0 spiro atoms. The molecule has 1 aromatic rings. The number of nitrogens with zero attached hydrogens (tertiary/aromatic N) is 1. The monoisotopic (exact) mass is 349 g/mol. The number of halogens is 5. The van der Waals surface area contributed by atoms with E-state index in [0.29, 0.717) is 25.9 Å². The Morgan fingerprint density at radius 2 is 1.88 bits per heavy atom. The van der Waals surface area contributed by atoms with E-state index in [1.165, 1.54) is 23.1 Å². The van der Waals surface area contributed by atoms with Crippen molar-refractivity contribution < 1.29 is 26.7 Å². The van der Waals surface area contributed by atoms with Crippen molar-refractivity contribution in [3.05, 3.63) is 35.4 Å². The van der Waals surface area contributed by atoms with Gasteiger partial charge in [-0.3, -0.25) is 4.79 Å². The second kappa shape index (κ2) is 7.94. The topological polar surface area (TPSA) is 20.3 Å². The third kappa shape index (κ3) is 5.46. The lowest BCUT2D eigenvalue weighted by molar-refractivity contribution is -0.150. The van der Waals surface area contributed by atoms with Crippen molar-refractivity contribution in [2.75, 3.05) is 13.1 Å². The maximum atomic E-state index is 13.6. The second-order valence-corrected chi connectivity index (χ2v) is 6.20. The minimum absolute atomic E-state index is 0.0259. The molecule has 0 aromatic heterocycles. The van der Waals surface area contributed by atoms with Crippen LogP contribution in [-0.4, -0.2) is 30.1 Å². The highest BCUT2D eigenvalue weighted by Gasteiger charge is 2.30. The summed E-state index contributed by atoms with van der Waals surface area (Å²) >= 11 is 0. The van der Waals surface area contributed by atoms with E-state index in [4.69, 9.17) is 0 Å². The van der Waals surface area contributed by atoms with Crippen molar-refractivity contribution in [3.63, 3.8) is 0 Å². The zero-order chi connectivity index (χ0) is 17.7. The summed E-state index contributed by atoms with van der Waals surface area (Å²) in [5, 5.41) is 0. The van der Waals surface area contributed by atoms with Crippen LogP contribution in [0.2, 0.25) is 0 Å². The van der Waals surface area contributed by atoms with Crippen molar-refractivity contribution in [1.29, 1.82) is 0 Å². The molecule has 0 aliphatic carbocycles. The minimum atomic E-state index is -4.34. The van der Waals surface area contributed by atoms with Gasteiger partial charge in [-0.15, -0.1) is 0 Å². The first kappa shape index (κ1) is 18.7. The first-order chi connectivity index (χ1) is 11.3. The summed E-state index contributed by atoms with van der Waals surface area (Å²) < 4.78 is 63.8. The lowest BCUT2D eigenvalue weighted by atomic mass is 9.91. The Morgan fingerprint density at radius 1 is 1.21 bits per heavy atom. The van der Waals surface area contributed by atoms with Gasteiger partial charge in [-0.1, -0.05) is 6.07 Å². The van der Waals surface area contributed by atoms with Crippen molar-refractivity contribution in [2.45, 2.75) is 44.7 Å². The SMILES string of the molecule is O=C(CCC(F)(F)F)N1CCC[C@H](CCc2c(F)cccc2F)C1. The van der Waals surface area contributed by atoms with E-state index < -0.39 is 36.6 Å². The molecule has 0 radical (unpaired) electrons. The number of amides is 1. The van der Waals surface area contributed by atoms with Crippen LogP contribution in [0.5, 0.6) is 0 Å². The third-order valence-electron chi connectivity index (χ3n) is 4.36. The van der Waals surface area contributed by atoms with Gasteiger partial charge < -0.3 is 4.90 Å². The smallest absolute Gasteiger partial charge is 0.342 e.